The van der Waals surface area contributed by atoms with Crippen LogP contribution in [-0.2, 0) is 0 Å². The molecule has 0 aromatic heterocycles. The first kappa shape index (κ1) is 11.1. The van der Waals surface area contributed by atoms with E-state index in [0.717, 1.165) is 5.56 Å². The van der Waals surface area contributed by atoms with Crippen LogP contribution in [0.3, 0.4) is 0 Å². The molecule has 0 N–H and O–H groups in total. The van der Waals surface area contributed by atoms with Crippen LogP contribution in [0.1, 0.15) is 18.1 Å². The van der Waals surface area contributed by atoms with Crippen LogP contribution in [0.15, 0.2) is 12.1 Å². The quantitative estimate of drug-likeness (QED) is 0.682. The molecule has 1 aromatic carbocycles. The zero-order valence-corrected chi connectivity index (χ0v) is 9.11. The molecule has 1 aromatic rings. The van der Waals surface area contributed by atoms with Gasteiger partial charge in [-0.15, -0.1) is 0 Å². The molecule has 1 atom stereocenters. The molecular weight excluding hydrogens is 221 g/mol. The number of benzene rings is 1. The minimum Gasteiger partial charge on any atom is -0.446 e. The van der Waals surface area contributed by atoms with E-state index in [9.17, 15) is 13.2 Å². The second-order valence-corrected chi connectivity index (χ2v) is 3.97. The second kappa shape index (κ2) is 3.06. The summed E-state index contributed by atoms with van der Waals surface area (Å²) < 4.78 is 49.0. The minimum absolute atomic E-state index is 0.000903. The van der Waals surface area contributed by atoms with Crippen LogP contribution in [0.5, 0.6) is 11.5 Å². The van der Waals surface area contributed by atoms with Crippen molar-refractivity contribution in [1.82, 2.24) is 0 Å². The van der Waals surface area contributed by atoms with Gasteiger partial charge in [0.15, 0.2) is 11.5 Å². The Hall–Kier alpha value is -1.39. The Labute approximate surface area is 91.0 Å². The van der Waals surface area contributed by atoms with Crippen molar-refractivity contribution >= 4 is 0 Å². The first-order valence-electron chi connectivity index (χ1n) is 4.79. The van der Waals surface area contributed by atoms with E-state index in [1.54, 1.807) is 19.9 Å². The van der Waals surface area contributed by atoms with E-state index in [1.165, 1.54) is 6.07 Å². The molecule has 1 heterocycles. The third kappa shape index (κ3) is 1.42. The van der Waals surface area contributed by atoms with Crippen molar-refractivity contribution < 1.29 is 22.6 Å². The van der Waals surface area contributed by atoms with Crippen LogP contribution in [-0.4, -0.2) is 12.0 Å². The van der Waals surface area contributed by atoms with Crippen LogP contribution in [0, 0.1) is 13.8 Å². The average molecular weight is 232 g/mol. The smallest absolute Gasteiger partial charge is 0.446 e. The molecule has 88 valence electrons. The Kier molecular flexibility index (Phi) is 2.12. The van der Waals surface area contributed by atoms with Gasteiger partial charge in [0.05, 0.1) is 0 Å². The highest BCUT2D eigenvalue weighted by Crippen LogP contribution is 2.47. The zero-order valence-electron chi connectivity index (χ0n) is 9.11. The third-order valence-electron chi connectivity index (χ3n) is 2.69. The van der Waals surface area contributed by atoms with E-state index in [0.29, 0.717) is 12.5 Å². The lowest BCUT2D eigenvalue weighted by molar-refractivity contribution is -0.332. The highest BCUT2D eigenvalue weighted by Gasteiger charge is 2.60. The van der Waals surface area contributed by atoms with Crippen molar-refractivity contribution in [1.29, 1.82) is 0 Å². The van der Waals surface area contributed by atoms with Crippen molar-refractivity contribution in [2.75, 3.05) is 0 Å². The van der Waals surface area contributed by atoms with Crippen molar-refractivity contribution in [2.45, 2.75) is 32.7 Å². The molecule has 2 nitrogen and oxygen atoms in total. The minimum atomic E-state index is -3.99. The second-order valence-electron chi connectivity index (χ2n) is 3.97. The molecule has 0 saturated heterocycles. The number of fused-ring (bicyclic) bond motifs is 1. The van der Waals surface area contributed by atoms with Gasteiger partial charge in [0.2, 0.25) is 0 Å². The standard InChI is InChI=1S/C11H11F3O2/c1-6-4-5-8-9(7(6)2)16-11(13,14)10(3,12)15-8/h4-5H,1-3H3. The summed E-state index contributed by atoms with van der Waals surface area (Å²) in [5.74, 6) is -3.25. The lowest BCUT2D eigenvalue weighted by Crippen LogP contribution is -2.53. The summed E-state index contributed by atoms with van der Waals surface area (Å²) in [6.07, 6.45) is -3.99. The summed E-state index contributed by atoms with van der Waals surface area (Å²) in [7, 11) is 0. The largest absolute Gasteiger partial charge is 0.471 e. The first-order chi connectivity index (χ1) is 7.24. The number of ether oxygens (including phenoxy) is 2. The fourth-order valence-corrected chi connectivity index (χ4v) is 1.46. The number of hydrogen-bond acceptors (Lipinski definition) is 2. The van der Waals surface area contributed by atoms with Crippen LogP contribution in [0.25, 0.3) is 0 Å². The lowest BCUT2D eigenvalue weighted by atomic mass is 10.1. The van der Waals surface area contributed by atoms with Gasteiger partial charge in [0, 0.05) is 6.92 Å². The van der Waals surface area contributed by atoms with Gasteiger partial charge in [0.1, 0.15) is 0 Å². The van der Waals surface area contributed by atoms with Crippen LogP contribution in [0.4, 0.5) is 13.2 Å². The first-order valence-corrected chi connectivity index (χ1v) is 4.79. The Bertz CT molecular complexity index is 441. The topological polar surface area (TPSA) is 18.5 Å². The van der Waals surface area contributed by atoms with E-state index in [1.807, 2.05) is 0 Å². The molecule has 5 heteroatoms. The molecule has 1 aliphatic rings. The normalized spacial score (nSPS) is 26.6. The maximum atomic E-state index is 13.5. The van der Waals surface area contributed by atoms with Crippen molar-refractivity contribution in [3.05, 3.63) is 23.3 Å². The van der Waals surface area contributed by atoms with Crippen LogP contribution >= 0.6 is 0 Å². The van der Waals surface area contributed by atoms with Gasteiger partial charge in [-0.1, -0.05) is 6.07 Å². The van der Waals surface area contributed by atoms with Crippen LogP contribution < -0.4 is 9.47 Å². The summed E-state index contributed by atoms with van der Waals surface area (Å²) in [5, 5.41) is 0. The Morgan fingerprint density at radius 3 is 2.31 bits per heavy atom. The van der Waals surface area contributed by atoms with Gasteiger partial charge in [-0.05, 0) is 31.0 Å². The molecule has 0 radical (unpaired) electrons. The number of rotatable bonds is 0. The summed E-state index contributed by atoms with van der Waals surface area (Å²) in [4.78, 5) is 0. The molecule has 16 heavy (non-hydrogen) atoms. The SMILES string of the molecule is Cc1ccc2c(c1C)OC(F)(F)C(C)(F)O2. The average Bonchev–Trinajstić information content (AvgIpc) is 2.15. The summed E-state index contributed by atoms with van der Waals surface area (Å²) in [5.41, 5.74) is 1.30. The molecule has 1 unspecified atom stereocenters. The number of alkyl halides is 3. The lowest BCUT2D eigenvalue weighted by Gasteiger charge is -2.36. The summed E-state index contributed by atoms with van der Waals surface area (Å²) in [6.45, 7) is 4.01. The molecule has 0 amide bonds. The van der Waals surface area contributed by atoms with E-state index >= 15 is 0 Å². The summed E-state index contributed by atoms with van der Waals surface area (Å²) >= 11 is 0. The van der Waals surface area contributed by atoms with E-state index < -0.39 is 12.0 Å². The molecule has 0 fully saturated rings. The Morgan fingerprint density at radius 1 is 1.06 bits per heavy atom. The zero-order chi connectivity index (χ0) is 12.1. The highest BCUT2D eigenvalue weighted by atomic mass is 19.3. The molecule has 0 saturated carbocycles. The molecule has 0 aliphatic carbocycles. The van der Waals surface area contributed by atoms with Crippen molar-refractivity contribution in [3.63, 3.8) is 0 Å². The molecule has 0 bridgehead atoms. The molecule has 0 spiro atoms. The van der Waals surface area contributed by atoms with E-state index in [2.05, 4.69) is 9.47 Å². The predicted molar refractivity (Wildman–Crippen MR) is 51.6 cm³/mol. The van der Waals surface area contributed by atoms with E-state index in [4.69, 9.17) is 0 Å². The van der Waals surface area contributed by atoms with Crippen molar-refractivity contribution in [2.24, 2.45) is 0 Å². The molecule has 2 rings (SSSR count). The number of hydrogen-bond donors (Lipinski definition) is 0. The van der Waals surface area contributed by atoms with Gasteiger partial charge >= 0.3 is 12.0 Å². The number of halogens is 3. The Balaban J connectivity index is 2.56. The van der Waals surface area contributed by atoms with Gasteiger partial charge in [-0.2, -0.15) is 13.2 Å². The molecular formula is C11H11F3O2. The van der Waals surface area contributed by atoms with Gasteiger partial charge in [0.25, 0.3) is 0 Å². The van der Waals surface area contributed by atoms with Crippen LogP contribution in [0.2, 0.25) is 0 Å². The van der Waals surface area contributed by atoms with Gasteiger partial charge < -0.3 is 9.47 Å². The fourth-order valence-electron chi connectivity index (χ4n) is 1.46. The van der Waals surface area contributed by atoms with Crippen molar-refractivity contribution in [3.8, 4) is 11.5 Å². The monoisotopic (exact) mass is 232 g/mol. The highest BCUT2D eigenvalue weighted by molar-refractivity contribution is 5.51. The van der Waals surface area contributed by atoms with Gasteiger partial charge in [-0.25, -0.2) is 0 Å². The van der Waals surface area contributed by atoms with Gasteiger partial charge in [-0.3, -0.25) is 0 Å². The predicted octanol–water partition coefficient (Wildman–Crippen LogP) is 3.35. The maximum Gasteiger partial charge on any atom is 0.471 e. The number of aryl methyl sites for hydroxylation is 1. The third-order valence-corrected chi connectivity index (χ3v) is 2.69. The molecule has 1 aliphatic heterocycles. The fraction of sp³-hybridized carbons (Fsp3) is 0.455. The maximum absolute atomic E-state index is 13.5. The van der Waals surface area contributed by atoms with E-state index in [-0.39, 0.29) is 11.5 Å². The Morgan fingerprint density at radius 2 is 1.69 bits per heavy atom. The summed E-state index contributed by atoms with van der Waals surface area (Å²) in [6, 6.07) is 3.09.